The highest BCUT2D eigenvalue weighted by Crippen LogP contribution is 2.48. The summed E-state index contributed by atoms with van der Waals surface area (Å²) in [5.41, 5.74) is 0.506. The van der Waals surface area contributed by atoms with E-state index in [4.69, 9.17) is 4.42 Å². The number of ether oxygens (including phenoxy) is 1. The molecule has 1 saturated carbocycles. The molecule has 4 heteroatoms. The van der Waals surface area contributed by atoms with Crippen molar-refractivity contribution in [3.8, 4) is 0 Å². The molecule has 1 atom stereocenters. The van der Waals surface area contributed by atoms with Crippen molar-refractivity contribution < 1.29 is 13.9 Å². The van der Waals surface area contributed by atoms with E-state index < -0.39 is 5.97 Å². The van der Waals surface area contributed by atoms with Crippen molar-refractivity contribution >= 4 is 5.97 Å². The van der Waals surface area contributed by atoms with E-state index in [1.165, 1.54) is 26.4 Å². The van der Waals surface area contributed by atoms with E-state index in [9.17, 15) is 4.79 Å². The van der Waals surface area contributed by atoms with Crippen molar-refractivity contribution in [1.29, 1.82) is 0 Å². The van der Waals surface area contributed by atoms with E-state index in [2.05, 4.69) is 17.0 Å². The van der Waals surface area contributed by atoms with Gasteiger partial charge in [-0.2, -0.15) is 0 Å². The first kappa shape index (κ1) is 13.1. The van der Waals surface area contributed by atoms with Gasteiger partial charge in [-0.1, -0.05) is 6.92 Å². The van der Waals surface area contributed by atoms with Crippen LogP contribution >= 0.6 is 0 Å². The van der Waals surface area contributed by atoms with Crippen molar-refractivity contribution in [2.24, 2.45) is 5.41 Å². The number of carbonyl (C=O) groups excluding carboxylic acids is 1. The Balaban J connectivity index is 1.90. The topological polar surface area (TPSA) is 51.5 Å². The van der Waals surface area contributed by atoms with Crippen LogP contribution in [0.1, 0.15) is 55.5 Å². The van der Waals surface area contributed by atoms with Crippen molar-refractivity contribution in [2.45, 2.75) is 39.2 Å². The third-order valence-electron chi connectivity index (χ3n) is 3.93. The van der Waals surface area contributed by atoms with Gasteiger partial charge >= 0.3 is 5.97 Å². The number of carbonyl (C=O) groups is 1. The summed E-state index contributed by atoms with van der Waals surface area (Å²) in [7, 11) is 1.35. The Morgan fingerprint density at radius 1 is 1.56 bits per heavy atom. The molecule has 2 rings (SSSR count). The lowest BCUT2D eigenvalue weighted by Crippen LogP contribution is -2.26. The zero-order chi connectivity index (χ0) is 13.2. The van der Waals surface area contributed by atoms with Gasteiger partial charge in [0.25, 0.3) is 0 Å². The monoisotopic (exact) mass is 251 g/mol. The molecule has 1 fully saturated rings. The molecule has 18 heavy (non-hydrogen) atoms. The summed E-state index contributed by atoms with van der Waals surface area (Å²) in [5.74, 6) is 0.612. The smallest absolute Gasteiger partial charge is 0.373 e. The molecule has 1 N–H and O–H groups in total. The minimum atomic E-state index is -0.430. The molecule has 100 valence electrons. The van der Waals surface area contributed by atoms with E-state index in [1.54, 1.807) is 6.07 Å². The van der Waals surface area contributed by atoms with Crippen LogP contribution in [0.4, 0.5) is 0 Å². The van der Waals surface area contributed by atoms with E-state index >= 15 is 0 Å². The number of furan rings is 1. The van der Waals surface area contributed by atoms with Gasteiger partial charge in [-0.25, -0.2) is 4.79 Å². The molecule has 0 spiro atoms. The SMILES string of the molecule is CCC1(CNC(C)c2ccc(C(=O)OC)o2)CC1. The first-order valence-corrected chi connectivity index (χ1v) is 6.52. The van der Waals surface area contributed by atoms with Gasteiger partial charge in [-0.05, 0) is 43.7 Å². The van der Waals surface area contributed by atoms with Gasteiger partial charge in [0.2, 0.25) is 5.76 Å². The molecule has 1 heterocycles. The zero-order valence-electron chi connectivity index (χ0n) is 11.3. The summed E-state index contributed by atoms with van der Waals surface area (Å²) in [6.07, 6.45) is 3.85. The Morgan fingerprint density at radius 3 is 2.83 bits per heavy atom. The van der Waals surface area contributed by atoms with Crippen molar-refractivity contribution in [2.75, 3.05) is 13.7 Å². The van der Waals surface area contributed by atoms with Gasteiger partial charge in [0.1, 0.15) is 5.76 Å². The first-order chi connectivity index (χ1) is 8.60. The maximum absolute atomic E-state index is 11.3. The van der Waals surface area contributed by atoms with Gasteiger partial charge in [-0.3, -0.25) is 0 Å². The predicted molar refractivity (Wildman–Crippen MR) is 68.4 cm³/mol. The van der Waals surface area contributed by atoms with Gasteiger partial charge in [0, 0.05) is 6.54 Å². The average Bonchev–Trinajstić information content (AvgIpc) is 3.01. The molecule has 1 aromatic rings. The van der Waals surface area contributed by atoms with Crippen LogP contribution in [0.25, 0.3) is 0 Å². The van der Waals surface area contributed by atoms with Crippen molar-refractivity contribution in [3.63, 3.8) is 0 Å². The molecule has 1 aromatic heterocycles. The van der Waals surface area contributed by atoms with Gasteiger partial charge < -0.3 is 14.5 Å². The highest BCUT2D eigenvalue weighted by Gasteiger charge is 2.40. The summed E-state index contributed by atoms with van der Waals surface area (Å²) >= 11 is 0. The normalized spacial score (nSPS) is 18.4. The lowest BCUT2D eigenvalue weighted by Gasteiger charge is -2.17. The number of hydrogen-bond donors (Lipinski definition) is 1. The van der Waals surface area contributed by atoms with Crippen molar-refractivity contribution in [3.05, 3.63) is 23.7 Å². The summed E-state index contributed by atoms with van der Waals surface area (Å²) in [6, 6.07) is 3.61. The van der Waals surface area contributed by atoms with Crippen LogP contribution in [0, 0.1) is 5.41 Å². The molecular formula is C14H21NO3. The minimum Gasteiger partial charge on any atom is -0.463 e. The Hall–Kier alpha value is -1.29. The predicted octanol–water partition coefficient (Wildman–Crippen LogP) is 2.91. The Bertz CT molecular complexity index is 420. The fourth-order valence-corrected chi connectivity index (χ4v) is 2.10. The fraction of sp³-hybridized carbons (Fsp3) is 0.643. The van der Waals surface area contributed by atoms with E-state index in [0.717, 1.165) is 12.3 Å². The zero-order valence-corrected chi connectivity index (χ0v) is 11.3. The van der Waals surface area contributed by atoms with Crippen LogP contribution in [0.2, 0.25) is 0 Å². The molecule has 4 nitrogen and oxygen atoms in total. The van der Waals surface area contributed by atoms with Crippen LogP contribution in [0.15, 0.2) is 16.5 Å². The molecule has 0 radical (unpaired) electrons. The van der Waals surface area contributed by atoms with Crippen LogP contribution < -0.4 is 5.32 Å². The molecule has 0 aromatic carbocycles. The number of rotatable bonds is 6. The Kier molecular flexibility index (Phi) is 3.76. The molecule has 0 amide bonds. The van der Waals surface area contributed by atoms with E-state index in [0.29, 0.717) is 5.41 Å². The van der Waals surface area contributed by atoms with Gasteiger partial charge in [-0.15, -0.1) is 0 Å². The number of nitrogens with one attached hydrogen (secondary N) is 1. The molecule has 1 unspecified atom stereocenters. The second kappa shape index (κ2) is 5.14. The molecule has 1 aliphatic rings. The van der Waals surface area contributed by atoms with Crippen molar-refractivity contribution in [1.82, 2.24) is 5.32 Å². The standard InChI is InChI=1S/C14H21NO3/c1-4-14(7-8-14)9-15-10(2)11-5-6-12(18-11)13(16)17-3/h5-6,10,15H,4,7-9H2,1-3H3. The molecule has 0 aliphatic heterocycles. The minimum absolute atomic E-state index is 0.118. The van der Waals surface area contributed by atoms with E-state index in [-0.39, 0.29) is 11.8 Å². The number of methoxy groups -OCH3 is 1. The highest BCUT2D eigenvalue weighted by atomic mass is 16.5. The quantitative estimate of drug-likeness (QED) is 0.790. The molecule has 0 bridgehead atoms. The highest BCUT2D eigenvalue weighted by molar-refractivity contribution is 5.86. The fourth-order valence-electron chi connectivity index (χ4n) is 2.10. The molecule has 1 aliphatic carbocycles. The Morgan fingerprint density at radius 2 is 2.28 bits per heavy atom. The van der Waals surface area contributed by atoms with Crippen LogP contribution in [0.5, 0.6) is 0 Å². The Labute approximate surface area is 108 Å². The lowest BCUT2D eigenvalue weighted by atomic mass is 10.0. The average molecular weight is 251 g/mol. The van der Waals surface area contributed by atoms with Gasteiger partial charge in [0.05, 0.1) is 13.2 Å². The summed E-state index contributed by atoms with van der Waals surface area (Å²) in [4.78, 5) is 11.3. The third kappa shape index (κ3) is 2.75. The molecular weight excluding hydrogens is 230 g/mol. The summed E-state index contributed by atoms with van der Waals surface area (Å²) < 4.78 is 10.1. The number of esters is 1. The summed E-state index contributed by atoms with van der Waals surface area (Å²) in [6.45, 7) is 5.30. The van der Waals surface area contributed by atoms with Crippen LogP contribution in [-0.4, -0.2) is 19.6 Å². The third-order valence-corrected chi connectivity index (χ3v) is 3.93. The first-order valence-electron chi connectivity index (χ1n) is 6.52. The maximum atomic E-state index is 11.3. The van der Waals surface area contributed by atoms with E-state index in [1.807, 2.05) is 13.0 Å². The second-order valence-corrected chi connectivity index (χ2v) is 5.15. The van der Waals surface area contributed by atoms with Crippen LogP contribution in [-0.2, 0) is 4.74 Å². The summed E-state index contributed by atoms with van der Waals surface area (Å²) in [5, 5.41) is 3.48. The van der Waals surface area contributed by atoms with Gasteiger partial charge in [0.15, 0.2) is 0 Å². The number of hydrogen-bond acceptors (Lipinski definition) is 4. The lowest BCUT2D eigenvalue weighted by molar-refractivity contribution is 0.0562. The van der Waals surface area contributed by atoms with Crippen LogP contribution in [0.3, 0.4) is 0 Å². The molecule has 0 saturated heterocycles. The largest absolute Gasteiger partial charge is 0.463 e. The maximum Gasteiger partial charge on any atom is 0.373 e. The second-order valence-electron chi connectivity index (χ2n) is 5.15.